The lowest BCUT2D eigenvalue weighted by molar-refractivity contribution is 0.684. The van der Waals surface area contributed by atoms with Gasteiger partial charge in [0, 0.05) is 30.7 Å². The first-order chi connectivity index (χ1) is 8.79. The highest BCUT2D eigenvalue weighted by Crippen LogP contribution is 2.19. The number of pyridine rings is 1. The summed E-state index contributed by atoms with van der Waals surface area (Å²) in [4.78, 5) is 4.53. The summed E-state index contributed by atoms with van der Waals surface area (Å²) in [6, 6.07) is 9.13. The Morgan fingerprint density at radius 3 is 3.00 bits per heavy atom. The van der Waals surface area contributed by atoms with Crippen LogP contribution in [0, 0.1) is 6.92 Å². The zero-order valence-corrected chi connectivity index (χ0v) is 10.8. The van der Waals surface area contributed by atoms with E-state index in [0.29, 0.717) is 0 Å². The van der Waals surface area contributed by atoms with Gasteiger partial charge in [0.25, 0.3) is 0 Å². The molecule has 1 aliphatic carbocycles. The number of hydrogen-bond acceptors (Lipinski definition) is 2. The molecular weight excluding hydrogens is 222 g/mol. The van der Waals surface area contributed by atoms with Crippen molar-refractivity contribution in [3.8, 4) is 0 Å². The van der Waals surface area contributed by atoms with Gasteiger partial charge in [-0.05, 0) is 43.5 Å². The second-order valence-corrected chi connectivity index (χ2v) is 5.12. The van der Waals surface area contributed by atoms with Crippen LogP contribution in [0.25, 0.3) is 0 Å². The van der Waals surface area contributed by atoms with Gasteiger partial charge in [0.1, 0.15) is 0 Å². The maximum atomic E-state index is 4.53. The molecule has 0 spiro atoms. The lowest BCUT2D eigenvalue weighted by Crippen LogP contribution is -2.14. The SMILES string of the molecule is Cc1cccc(Cn2ccc(CNC3CC3)c2)n1. The van der Waals surface area contributed by atoms with Gasteiger partial charge in [0.15, 0.2) is 0 Å². The Hall–Kier alpha value is -1.61. The Morgan fingerprint density at radius 1 is 1.33 bits per heavy atom. The molecule has 0 unspecified atom stereocenters. The van der Waals surface area contributed by atoms with Crippen LogP contribution >= 0.6 is 0 Å². The normalized spacial score (nSPS) is 14.9. The van der Waals surface area contributed by atoms with E-state index in [1.165, 1.54) is 18.4 Å². The fourth-order valence-electron chi connectivity index (χ4n) is 2.12. The molecule has 3 nitrogen and oxygen atoms in total. The predicted octanol–water partition coefficient (Wildman–Crippen LogP) is 2.49. The Morgan fingerprint density at radius 2 is 2.22 bits per heavy atom. The van der Waals surface area contributed by atoms with E-state index in [1.54, 1.807) is 0 Å². The Balaban J connectivity index is 1.61. The maximum absolute atomic E-state index is 4.53. The molecule has 0 radical (unpaired) electrons. The minimum Gasteiger partial charge on any atom is -0.348 e. The van der Waals surface area contributed by atoms with Gasteiger partial charge in [-0.15, -0.1) is 0 Å². The summed E-state index contributed by atoms with van der Waals surface area (Å²) in [5, 5.41) is 3.53. The molecule has 0 aliphatic heterocycles. The molecule has 0 bridgehead atoms. The van der Waals surface area contributed by atoms with Crippen molar-refractivity contribution in [1.82, 2.24) is 14.9 Å². The van der Waals surface area contributed by atoms with E-state index in [4.69, 9.17) is 0 Å². The molecule has 3 rings (SSSR count). The number of aromatic nitrogens is 2. The van der Waals surface area contributed by atoms with Crippen LogP contribution in [0.2, 0.25) is 0 Å². The van der Waals surface area contributed by atoms with E-state index >= 15 is 0 Å². The molecule has 0 aromatic carbocycles. The minimum atomic E-state index is 0.770. The first-order valence-corrected chi connectivity index (χ1v) is 6.60. The molecule has 3 heteroatoms. The molecule has 0 saturated heterocycles. The number of aryl methyl sites for hydroxylation is 1. The third kappa shape index (κ3) is 2.99. The van der Waals surface area contributed by atoms with Gasteiger partial charge in [-0.2, -0.15) is 0 Å². The average molecular weight is 241 g/mol. The van der Waals surface area contributed by atoms with Gasteiger partial charge < -0.3 is 9.88 Å². The maximum Gasteiger partial charge on any atom is 0.0642 e. The Kier molecular flexibility index (Phi) is 3.15. The molecule has 18 heavy (non-hydrogen) atoms. The lowest BCUT2D eigenvalue weighted by atomic mass is 10.3. The zero-order valence-electron chi connectivity index (χ0n) is 10.8. The van der Waals surface area contributed by atoms with Gasteiger partial charge >= 0.3 is 0 Å². The third-order valence-corrected chi connectivity index (χ3v) is 3.27. The zero-order chi connectivity index (χ0) is 12.4. The van der Waals surface area contributed by atoms with Gasteiger partial charge in [-0.3, -0.25) is 4.98 Å². The van der Waals surface area contributed by atoms with Crippen LogP contribution in [0.3, 0.4) is 0 Å². The Bertz CT molecular complexity index is 526. The Labute approximate surface area is 108 Å². The van der Waals surface area contributed by atoms with Crippen LogP contribution in [0.4, 0.5) is 0 Å². The molecule has 94 valence electrons. The summed E-state index contributed by atoms with van der Waals surface area (Å²) in [7, 11) is 0. The quantitative estimate of drug-likeness (QED) is 0.871. The predicted molar refractivity (Wildman–Crippen MR) is 72.4 cm³/mol. The van der Waals surface area contributed by atoms with Gasteiger partial charge in [-0.25, -0.2) is 0 Å². The summed E-state index contributed by atoms with van der Waals surface area (Å²) < 4.78 is 2.20. The first kappa shape index (κ1) is 11.5. The molecule has 2 aromatic rings. The van der Waals surface area contributed by atoms with E-state index in [1.807, 2.05) is 13.0 Å². The lowest BCUT2D eigenvalue weighted by Gasteiger charge is -2.03. The number of nitrogens with one attached hydrogen (secondary N) is 1. The fourth-order valence-corrected chi connectivity index (χ4v) is 2.12. The molecule has 1 saturated carbocycles. The standard InChI is InChI=1S/C15H19N3/c1-12-3-2-4-15(17-12)11-18-8-7-13(10-18)9-16-14-5-6-14/h2-4,7-8,10,14,16H,5-6,9,11H2,1H3. The van der Waals surface area contributed by atoms with Gasteiger partial charge in [0.2, 0.25) is 0 Å². The summed E-state index contributed by atoms with van der Waals surface area (Å²) in [5.41, 5.74) is 3.55. The highest BCUT2D eigenvalue weighted by Gasteiger charge is 2.19. The summed E-state index contributed by atoms with van der Waals surface area (Å²) in [6.45, 7) is 3.87. The van der Waals surface area contributed by atoms with E-state index in [0.717, 1.165) is 30.5 Å². The van der Waals surface area contributed by atoms with Crippen LogP contribution < -0.4 is 5.32 Å². The van der Waals surface area contributed by atoms with Crippen molar-refractivity contribution >= 4 is 0 Å². The van der Waals surface area contributed by atoms with Crippen LogP contribution in [-0.4, -0.2) is 15.6 Å². The van der Waals surface area contributed by atoms with Crippen molar-refractivity contribution in [2.75, 3.05) is 0 Å². The van der Waals surface area contributed by atoms with Crippen LogP contribution in [0.5, 0.6) is 0 Å². The summed E-state index contributed by atoms with van der Waals surface area (Å²) >= 11 is 0. The smallest absolute Gasteiger partial charge is 0.0642 e. The second kappa shape index (κ2) is 4.94. The van der Waals surface area contributed by atoms with Crippen molar-refractivity contribution in [3.05, 3.63) is 53.6 Å². The number of hydrogen-bond donors (Lipinski definition) is 1. The van der Waals surface area contributed by atoms with Crippen molar-refractivity contribution in [2.24, 2.45) is 0 Å². The van der Waals surface area contributed by atoms with Crippen LogP contribution in [0.1, 0.15) is 29.8 Å². The van der Waals surface area contributed by atoms with Crippen molar-refractivity contribution in [2.45, 2.75) is 38.9 Å². The minimum absolute atomic E-state index is 0.770. The largest absolute Gasteiger partial charge is 0.348 e. The van der Waals surface area contributed by atoms with E-state index < -0.39 is 0 Å². The van der Waals surface area contributed by atoms with Gasteiger partial charge in [0.05, 0.1) is 12.2 Å². The fraction of sp³-hybridized carbons (Fsp3) is 0.400. The second-order valence-electron chi connectivity index (χ2n) is 5.12. The van der Waals surface area contributed by atoms with E-state index in [9.17, 15) is 0 Å². The molecule has 1 aliphatic rings. The highest BCUT2D eigenvalue weighted by molar-refractivity contribution is 5.14. The number of rotatable bonds is 5. The first-order valence-electron chi connectivity index (χ1n) is 6.60. The van der Waals surface area contributed by atoms with Crippen molar-refractivity contribution < 1.29 is 0 Å². The highest BCUT2D eigenvalue weighted by atomic mass is 15.0. The van der Waals surface area contributed by atoms with E-state index in [2.05, 4.69) is 45.5 Å². The third-order valence-electron chi connectivity index (χ3n) is 3.27. The van der Waals surface area contributed by atoms with Gasteiger partial charge in [-0.1, -0.05) is 6.07 Å². The molecule has 0 atom stereocenters. The average Bonchev–Trinajstić information content (AvgIpc) is 3.08. The molecule has 1 N–H and O–H groups in total. The molecular formula is C15H19N3. The van der Waals surface area contributed by atoms with E-state index in [-0.39, 0.29) is 0 Å². The van der Waals surface area contributed by atoms with Crippen molar-refractivity contribution in [1.29, 1.82) is 0 Å². The topological polar surface area (TPSA) is 29.9 Å². The van der Waals surface area contributed by atoms with Crippen LogP contribution in [-0.2, 0) is 13.1 Å². The molecule has 2 aromatic heterocycles. The van der Waals surface area contributed by atoms with Crippen LogP contribution in [0.15, 0.2) is 36.7 Å². The number of nitrogens with zero attached hydrogens (tertiary/aromatic N) is 2. The van der Waals surface area contributed by atoms with Crippen molar-refractivity contribution in [3.63, 3.8) is 0 Å². The molecule has 1 fully saturated rings. The molecule has 0 amide bonds. The molecule has 2 heterocycles. The summed E-state index contributed by atoms with van der Waals surface area (Å²) in [6.07, 6.45) is 7.02. The summed E-state index contributed by atoms with van der Waals surface area (Å²) in [5.74, 6) is 0. The monoisotopic (exact) mass is 241 g/mol.